The van der Waals surface area contributed by atoms with Gasteiger partial charge in [0.05, 0.1) is 41.5 Å². The average molecular weight is 416 g/mol. The number of amides is 3. The quantitative estimate of drug-likeness (QED) is 0.489. The van der Waals surface area contributed by atoms with Crippen molar-refractivity contribution in [1.29, 1.82) is 0 Å². The van der Waals surface area contributed by atoms with E-state index in [9.17, 15) is 14.4 Å². The number of urea groups is 1. The van der Waals surface area contributed by atoms with Crippen LogP contribution in [0.25, 0.3) is 0 Å². The molecule has 1 aromatic rings. The highest BCUT2D eigenvalue weighted by Gasteiger charge is 2.26. The second-order valence-corrected chi connectivity index (χ2v) is 6.79. The van der Waals surface area contributed by atoms with Crippen molar-refractivity contribution >= 4 is 46.8 Å². The number of nitrogens with one attached hydrogen (secondary N) is 4. The number of carbonyl (C=O) groups excluding carboxylic acids is 3. The van der Waals surface area contributed by atoms with Gasteiger partial charge in [-0.05, 0) is 25.1 Å². The first-order valence-corrected chi connectivity index (χ1v) is 9.06. The zero-order valence-electron chi connectivity index (χ0n) is 14.9. The Hall–Kier alpha value is -2.29. The number of likely N-dealkylation sites (N-methyl/N-ethyl adjacent to an activating group) is 1. The SMILES string of the molecule is CCOC(=O)C1=C(C[NH+](C)CC(=O)Nc2ccc(Cl)c(Cl)c2)NC(=O)NC1. The molecule has 1 aliphatic heterocycles. The topological polar surface area (TPSA) is 101 Å². The molecule has 0 aliphatic carbocycles. The van der Waals surface area contributed by atoms with Gasteiger partial charge in [0.2, 0.25) is 0 Å². The number of quaternary nitrogens is 1. The van der Waals surface area contributed by atoms with Crippen molar-refractivity contribution in [2.75, 3.05) is 38.6 Å². The van der Waals surface area contributed by atoms with Gasteiger partial charge in [0.15, 0.2) is 6.54 Å². The molecule has 0 radical (unpaired) electrons. The van der Waals surface area contributed by atoms with Crippen LogP contribution in [-0.4, -0.2) is 51.2 Å². The molecule has 1 atom stereocenters. The molecule has 0 saturated carbocycles. The van der Waals surface area contributed by atoms with Gasteiger partial charge in [-0.3, -0.25) is 4.79 Å². The third kappa shape index (κ3) is 6.13. The third-order valence-electron chi connectivity index (χ3n) is 3.72. The molecule has 0 aromatic heterocycles. The summed E-state index contributed by atoms with van der Waals surface area (Å²) in [6.07, 6.45) is 0. The number of ether oxygens (including phenoxy) is 1. The summed E-state index contributed by atoms with van der Waals surface area (Å²) in [4.78, 5) is 36.6. The van der Waals surface area contributed by atoms with E-state index in [0.29, 0.717) is 27.0 Å². The van der Waals surface area contributed by atoms with E-state index in [0.717, 1.165) is 4.90 Å². The van der Waals surface area contributed by atoms with Crippen molar-refractivity contribution in [2.24, 2.45) is 0 Å². The molecule has 27 heavy (non-hydrogen) atoms. The Morgan fingerprint density at radius 1 is 1.30 bits per heavy atom. The van der Waals surface area contributed by atoms with Crippen LogP contribution in [0.4, 0.5) is 10.5 Å². The minimum absolute atomic E-state index is 0.0861. The summed E-state index contributed by atoms with van der Waals surface area (Å²) in [6.45, 7) is 2.41. The molecule has 8 nitrogen and oxygen atoms in total. The van der Waals surface area contributed by atoms with E-state index in [-0.39, 0.29) is 32.1 Å². The van der Waals surface area contributed by atoms with Crippen molar-refractivity contribution in [1.82, 2.24) is 10.6 Å². The number of rotatable bonds is 7. The molecular formula is C17H21Cl2N4O4+. The highest BCUT2D eigenvalue weighted by Crippen LogP contribution is 2.24. The van der Waals surface area contributed by atoms with E-state index in [1.807, 2.05) is 0 Å². The minimum Gasteiger partial charge on any atom is -0.463 e. The molecule has 4 N–H and O–H groups in total. The van der Waals surface area contributed by atoms with Gasteiger partial charge < -0.3 is 25.6 Å². The summed E-state index contributed by atoms with van der Waals surface area (Å²) in [5.41, 5.74) is 1.32. The van der Waals surface area contributed by atoms with Crippen LogP contribution in [0.2, 0.25) is 10.0 Å². The van der Waals surface area contributed by atoms with Gasteiger partial charge in [0.25, 0.3) is 5.91 Å². The van der Waals surface area contributed by atoms with Crippen LogP contribution in [0, 0.1) is 0 Å². The molecule has 3 amide bonds. The molecule has 0 saturated heterocycles. The maximum atomic E-state index is 12.2. The Kier molecular flexibility index (Phi) is 7.46. The smallest absolute Gasteiger partial charge is 0.337 e. The number of halogens is 2. The Labute approximate surface area is 166 Å². The first-order chi connectivity index (χ1) is 12.8. The summed E-state index contributed by atoms with van der Waals surface area (Å²) in [5.74, 6) is -0.738. The number of benzene rings is 1. The zero-order valence-corrected chi connectivity index (χ0v) is 16.5. The highest BCUT2D eigenvalue weighted by molar-refractivity contribution is 6.42. The maximum Gasteiger partial charge on any atom is 0.337 e. The highest BCUT2D eigenvalue weighted by atomic mass is 35.5. The molecular weight excluding hydrogens is 395 g/mol. The van der Waals surface area contributed by atoms with Gasteiger partial charge in [0, 0.05) is 5.69 Å². The van der Waals surface area contributed by atoms with E-state index < -0.39 is 12.0 Å². The van der Waals surface area contributed by atoms with Crippen LogP contribution < -0.4 is 20.9 Å². The van der Waals surface area contributed by atoms with Crippen LogP contribution in [0.5, 0.6) is 0 Å². The zero-order chi connectivity index (χ0) is 20.0. The second-order valence-electron chi connectivity index (χ2n) is 5.97. The lowest BCUT2D eigenvalue weighted by atomic mass is 10.1. The van der Waals surface area contributed by atoms with E-state index in [2.05, 4.69) is 16.0 Å². The summed E-state index contributed by atoms with van der Waals surface area (Å²) in [7, 11) is 1.78. The number of hydrogen-bond donors (Lipinski definition) is 4. The first kappa shape index (κ1) is 21.0. The van der Waals surface area contributed by atoms with E-state index in [1.54, 1.807) is 32.2 Å². The molecule has 2 rings (SSSR count). The normalized spacial score (nSPS) is 14.9. The summed E-state index contributed by atoms with van der Waals surface area (Å²) in [5, 5.41) is 8.63. The van der Waals surface area contributed by atoms with Gasteiger partial charge in [-0.1, -0.05) is 23.2 Å². The lowest BCUT2D eigenvalue weighted by Crippen LogP contribution is -3.10. The second kappa shape index (κ2) is 9.59. The fraction of sp³-hybridized carbons (Fsp3) is 0.353. The van der Waals surface area contributed by atoms with Gasteiger partial charge in [-0.2, -0.15) is 0 Å². The lowest BCUT2D eigenvalue weighted by molar-refractivity contribution is -0.866. The van der Waals surface area contributed by atoms with Crippen molar-refractivity contribution in [3.05, 3.63) is 39.5 Å². The number of anilines is 1. The summed E-state index contributed by atoms with van der Waals surface area (Å²) in [6, 6.07) is 4.41. The van der Waals surface area contributed by atoms with Gasteiger partial charge in [-0.15, -0.1) is 0 Å². The van der Waals surface area contributed by atoms with Crippen molar-refractivity contribution in [3.8, 4) is 0 Å². The van der Waals surface area contributed by atoms with Crippen molar-refractivity contribution < 1.29 is 24.0 Å². The van der Waals surface area contributed by atoms with Gasteiger partial charge >= 0.3 is 12.0 Å². The Balaban J connectivity index is 2.00. The molecule has 10 heteroatoms. The Morgan fingerprint density at radius 2 is 2.04 bits per heavy atom. The summed E-state index contributed by atoms with van der Waals surface area (Å²) < 4.78 is 5.01. The minimum atomic E-state index is -0.493. The number of hydrogen-bond acceptors (Lipinski definition) is 4. The molecule has 0 spiro atoms. The van der Waals surface area contributed by atoms with Crippen molar-refractivity contribution in [3.63, 3.8) is 0 Å². The Morgan fingerprint density at radius 3 is 2.70 bits per heavy atom. The Bertz CT molecular complexity index is 782. The van der Waals surface area contributed by atoms with Crippen LogP contribution in [0.15, 0.2) is 29.5 Å². The molecule has 1 heterocycles. The van der Waals surface area contributed by atoms with Crippen LogP contribution in [0.3, 0.4) is 0 Å². The molecule has 1 aromatic carbocycles. The van der Waals surface area contributed by atoms with Crippen molar-refractivity contribution in [2.45, 2.75) is 6.92 Å². The number of esters is 1. The molecule has 0 bridgehead atoms. The van der Waals surface area contributed by atoms with Crippen LogP contribution >= 0.6 is 23.2 Å². The first-order valence-electron chi connectivity index (χ1n) is 8.30. The van der Waals surface area contributed by atoms with Crippen LogP contribution in [0.1, 0.15) is 6.92 Å². The summed E-state index contributed by atoms with van der Waals surface area (Å²) >= 11 is 11.8. The molecule has 1 unspecified atom stereocenters. The van der Waals surface area contributed by atoms with Gasteiger partial charge in [-0.25, -0.2) is 9.59 Å². The predicted molar refractivity (Wildman–Crippen MR) is 102 cm³/mol. The third-order valence-corrected chi connectivity index (χ3v) is 4.46. The predicted octanol–water partition coefficient (Wildman–Crippen LogP) is 0.577. The van der Waals surface area contributed by atoms with E-state index in [1.165, 1.54) is 0 Å². The van der Waals surface area contributed by atoms with Crippen LogP contribution in [-0.2, 0) is 14.3 Å². The standard InChI is InChI=1S/C17H20Cl2N4O4/c1-3-27-16(25)11-7-20-17(26)22-14(11)8-23(2)9-15(24)21-10-4-5-12(18)13(19)6-10/h4-6H,3,7-9H2,1-2H3,(H,21,24)(H2,20,22,26)/p+1. The van der Waals surface area contributed by atoms with E-state index >= 15 is 0 Å². The van der Waals surface area contributed by atoms with Gasteiger partial charge in [0.1, 0.15) is 6.54 Å². The molecule has 1 aliphatic rings. The fourth-order valence-corrected chi connectivity index (χ4v) is 2.81. The molecule has 0 fully saturated rings. The number of carbonyl (C=O) groups is 3. The largest absolute Gasteiger partial charge is 0.463 e. The van der Waals surface area contributed by atoms with E-state index in [4.69, 9.17) is 27.9 Å². The monoisotopic (exact) mass is 415 g/mol. The average Bonchev–Trinajstić information content (AvgIpc) is 2.58. The molecule has 146 valence electrons. The fourth-order valence-electron chi connectivity index (χ4n) is 2.51. The lowest BCUT2D eigenvalue weighted by Gasteiger charge is -2.23. The maximum absolute atomic E-state index is 12.2.